The molecule has 0 bridgehead atoms. The normalized spacial score (nSPS) is 17.5. The zero-order valence-corrected chi connectivity index (χ0v) is 20.9. The molecule has 178 valence electrons. The van der Waals surface area contributed by atoms with E-state index >= 15 is 0 Å². The first-order chi connectivity index (χ1) is 17.5. The number of thiocarbonyl (C=S) groups is 1. The van der Waals surface area contributed by atoms with Gasteiger partial charge < -0.3 is 19.9 Å². The summed E-state index contributed by atoms with van der Waals surface area (Å²) in [6.07, 6.45) is 1.82. The van der Waals surface area contributed by atoms with E-state index in [1.807, 2.05) is 36.5 Å². The van der Waals surface area contributed by atoms with Crippen LogP contribution >= 0.6 is 12.2 Å². The van der Waals surface area contributed by atoms with Crippen LogP contribution in [0.5, 0.6) is 5.75 Å². The number of pyridine rings is 1. The molecule has 0 radical (unpaired) electrons. The van der Waals surface area contributed by atoms with Gasteiger partial charge in [-0.3, -0.25) is 4.98 Å². The highest BCUT2D eigenvalue weighted by molar-refractivity contribution is 7.80. The summed E-state index contributed by atoms with van der Waals surface area (Å²) < 4.78 is 2.34. The van der Waals surface area contributed by atoms with E-state index in [2.05, 4.69) is 82.1 Å². The van der Waals surface area contributed by atoms with Crippen LogP contribution in [0.25, 0.3) is 16.5 Å². The fraction of sp³-hybridized carbons (Fsp3) is 0.133. The summed E-state index contributed by atoms with van der Waals surface area (Å²) >= 11 is 5.87. The van der Waals surface area contributed by atoms with Crippen molar-refractivity contribution in [2.24, 2.45) is 0 Å². The Morgan fingerprint density at radius 2 is 1.64 bits per heavy atom. The summed E-state index contributed by atoms with van der Waals surface area (Å²) in [6, 6.07) is 30.1. The number of aromatic nitrogens is 2. The van der Waals surface area contributed by atoms with Crippen molar-refractivity contribution in [3.63, 3.8) is 0 Å². The fourth-order valence-electron chi connectivity index (χ4n) is 5.42. The number of aromatic hydroxyl groups is 1. The molecule has 5 aromatic rings. The molecule has 0 spiro atoms. The smallest absolute Gasteiger partial charge is 0.174 e. The molecule has 0 saturated carbocycles. The molecule has 5 nitrogen and oxygen atoms in total. The molecular weight excluding hydrogens is 464 g/mol. The topological polar surface area (TPSA) is 53.3 Å². The highest BCUT2D eigenvalue weighted by Crippen LogP contribution is 2.44. The van der Waals surface area contributed by atoms with E-state index in [1.54, 1.807) is 12.1 Å². The molecule has 1 aliphatic heterocycles. The van der Waals surface area contributed by atoms with Crippen molar-refractivity contribution in [3.05, 3.63) is 120 Å². The third-order valence-electron chi connectivity index (χ3n) is 7.02. The molecule has 1 aliphatic rings. The first kappa shape index (κ1) is 22.3. The number of fused-ring (bicyclic) bond motifs is 1. The second-order valence-corrected chi connectivity index (χ2v) is 9.56. The van der Waals surface area contributed by atoms with Gasteiger partial charge >= 0.3 is 0 Å². The number of nitrogens with one attached hydrogen (secondary N) is 1. The molecule has 0 amide bonds. The number of hydrogen-bond acceptors (Lipinski definition) is 3. The van der Waals surface area contributed by atoms with Crippen molar-refractivity contribution in [2.45, 2.75) is 25.9 Å². The summed E-state index contributed by atoms with van der Waals surface area (Å²) in [6.45, 7) is 4.33. The molecule has 0 unspecified atom stereocenters. The number of rotatable bonds is 4. The van der Waals surface area contributed by atoms with Gasteiger partial charge in [0.05, 0.1) is 23.5 Å². The minimum absolute atomic E-state index is 0.119. The lowest BCUT2D eigenvalue weighted by Crippen LogP contribution is -2.29. The van der Waals surface area contributed by atoms with Gasteiger partial charge in [0.15, 0.2) is 5.11 Å². The van der Waals surface area contributed by atoms with E-state index in [4.69, 9.17) is 12.2 Å². The molecular formula is C30H26N4OS. The van der Waals surface area contributed by atoms with Crippen LogP contribution in [0.3, 0.4) is 0 Å². The number of phenolic OH excluding ortho intramolecular Hbond substituents is 1. The Balaban J connectivity index is 1.55. The quantitative estimate of drug-likeness (QED) is 0.281. The van der Waals surface area contributed by atoms with Crippen LogP contribution in [0.15, 0.2) is 97.2 Å². The Morgan fingerprint density at radius 1 is 0.889 bits per heavy atom. The zero-order valence-electron chi connectivity index (χ0n) is 20.1. The van der Waals surface area contributed by atoms with Crippen LogP contribution in [0.4, 0.5) is 5.69 Å². The average Bonchev–Trinajstić information content (AvgIpc) is 3.39. The molecule has 2 N–H and O–H groups in total. The predicted molar refractivity (Wildman–Crippen MR) is 149 cm³/mol. The molecule has 3 aromatic carbocycles. The molecule has 2 aromatic heterocycles. The van der Waals surface area contributed by atoms with Gasteiger partial charge in [-0.15, -0.1) is 0 Å². The zero-order chi connectivity index (χ0) is 24.8. The highest BCUT2D eigenvalue weighted by Gasteiger charge is 2.42. The summed E-state index contributed by atoms with van der Waals surface area (Å²) in [4.78, 5) is 6.82. The Hall–Kier alpha value is -4.16. The average molecular weight is 491 g/mol. The van der Waals surface area contributed by atoms with Gasteiger partial charge in [-0.05, 0) is 85.5 Å². The minimum atomic E-state index is -0.131. The maximum atomic E-state index is 9.89. The molecule has 36 heavy (non-hydrogen) atoms. The number of nitrogens with zero attached hydrogens (tertiary/aromatic N) is 3. The second kappa shape index (κ2) is 8.81. The van der Waals surface area contributed by atoms with Crippen molar-refractivity contribution < 1.29 is 5.11 Å². The van der Waals surface area contributed by atoms with Crippen molar-refractivity contribution in [2.75, 3.05) is 4.90 Å². The van der Waals surface area contributed by atoms with Crippen LogP contribution < -0.4 is 10.2 Å². The summed E-state index contributed by atoms with van der Waals surface area (Å²) in [7, 11) is 0. The highest BCUT2D eigenvalue weighted by atomic mass is 32.1. The first-order valence-electron chi connectivity index (χ1n) is 12.0. The predicted octanol–water partition coefficient (Wildman–Crippen LogP) is 6.53. The standard InChI is InChI=1S/C30H26N4OS/c1-19-18-25(20(2)33(19)27-12-7-9-21-8-3-4-10-24(21)27)29-28(26-11-5-6-17-31-26)32-30(36)34(29)22-13-15-23(35)16-14-22/h3-18,28-29,35H,1-2H3,(H,32,36)/t28-,29+/m0/s1. The van der Waals surface area contributed by atoms with Gasteiger partial charge in [-0.1, -0.05) is 42.5 Å². The van der Waals surface area contributed by atoms with E-state index < -0.39 is 0 Å². The van der Waals surface area contributed by atoms with Crippen molar-refractivity contribution in [1.82, 2.24) is 14.9 Å². The molecule has 3 heterocycles. The third-order valence-corrected chi connectivity index (χ3v) is 7.34. The number of hydrogen-bond donors (Lipinski definition) is 2. The van der Waals surface area contributed by atoms with E-state index in [0.29, 0.717) is 5.11 Å². The van der Waals surface area contributed by atoms with Crippen LogP contribution in [0.1, 0.15) is 34.7 Å². The van der Waals surface area contributed by atoms with E-state index in [1.165, 1.54) is 16.3 Å². The number of anilines is 1. The Labute approximate surface area is 215 Å². The largest absolute Gasteiger partial charge is 0.508 e. The Kier molecular flexibility index (Phi) is 5.46. The molecule has 1 fully saturated rings. The van der Waals surface area contributed by atoms with Gasteiger partial charge in [-0.2, -0.15) is 0 Å². The number of benzene rings is 3. The lowest BCUT2D eigenvalue weighted by molar-refractivity contribution is 0.475. The molecule has 6 rings (SSSR count). The van der Waals surface area contributed by atoms with E-state index in [9.17, 15) is 5.11 Å². The molecule has 6 heteroatoms. The molecule has 2 atom stereocenters. The number of phenols is 1. The van der Waals surface area contributed by atoms with Gasteiger partial charge in [0.1, 0.15) is 5.75 Å². The van der Waals surface area contributed by atoms with E-state index in [0.717, 1.165) is 28.5 Å². The molecule has 1 saturated heterocycles. The van der Waals surface area contributed by atoms with Gasteiger partial charge in [0.2, 0.25) is 0 Å². The maximum absolute atomic E-state index is 9.89. The fourth-order valence-corrected chi connectivity index (χ4v) is 5.77. The maximum Gasteiger partial charge on any atom is 0.174 e. The second-order valence-electron chi connectivity index (χ2n) is 9.17. The van der Waals surface area contributed by atoms with Gasteiger partial charge in [0, 0.05) is 28.7 Å². The van der Waals surface area contributed by atoms with Crippen LogP contribution in [-0.4, -0.2) is 19.8 Å². The Morgan fingerprint density at radius 3 is 2.42 bits per heavy atom. The first-order valence-corrected chi connectivity index (χ1v) is 12.4. The van der Waals surface area contributed by atoms with Crippen LogP contribution in [-0.2, 0) is 0 Å². The molecule has 0 aliphatic carbocycles. The van der Waals surface area contributed by atoms with Crippen LogP contribution in [0.2, 0.25) is 0 Å². The lowest BCUT2D eigenvalue weighted by atomic mass is 9.96. The van der Waals surface area contributed by atoms with Crippen molar-refractivity contribution in [1.29, 1.82) is 0 Å². The monoisotopic (exact) mass is 490 g/mol. The van der Waals surface area contributed by atoms with Gasteiger partial charge in [0.25, 0.3) is 0 Å². The summed E-state index contributed by atoms with van der Waals surface area (Å²) in [5, 5.41) is 16.5. The summed E-state index contributed by atoms with van der Waals surface area (Å²) in [5.41, 5.74) is 6.50. The van der Waals surface area contributed by atoms with Crippen LogP contribution in [0, 0.1) is 13.8 Å². The van der Waals surface area contributed by atoms with Gasteiger partial charge in [-0.25, -0.2) is 0 Å². The van der Waals surface area contributed by atoms with Crippen molar-refractivity contribution in [3.8, 4) is 11.4 Å². The third kappa shape index (κ3) is 3.62. The SMILES string of the molecule is Cc1cc([C@@H]2[C@H](c3ccccn3)NC(=S)N2c2ccc(O)cc2)c(C)n1-c1cccc2ccccc12. The Bertz CT molecular complexity index is 1570. The lowest BCUT2D eigenvalue weighted by Gasteiger charge is -2.28. The van der Waals surface area contributed by atoms with Crippen molar-refractivity contribution >= 4 is 33.8 Å². The summed E-state index contributed by atoms with van der Waals surface area (Å²) in [5.74, 6) is 0.226. The van der Waals surface area contributed by atoms with E-state index in [-0.39, 0.29) is 17.8 Å². The number of aryl methyl sites for hydroxylation is 1. The minimum Gasteiger partial charge on any atom is -0.508 e.